The molecule has 2 aliphatic rings. The molecule has 0 heterocycles. The summed E-state index contributed by atoms with van der Waals surface area (Å²) in [7, 11) is 0. The molecule has 4 atom stereocenters. The van der Waals surface area contributed by atoms with E-state index in [0.717, 1.165) is 23.7 Å². The summed E-state index contributed by atoms with van der Waals surface area (Å²) in [4.78, 5) is 0. The van der Waals surface area contributed by atoms with Crippen LogP contribution in [-0.4, -0.2) is 10.8 Å². The lowest BCUT2D eigenvalue weighted by Gasteiger charge is -2.39. The van der Waals surface area contributed by atoms with Crippen LogP contribution < -0.4 is 0 Å². The van der Waals surface area contributed by atoms with Crippen molar-refractivity contribution < 1.29 is 0 Å². The van der Waals surface area contributed by atoms with Crippen LogP contribution in [-0.2, 0) is 0 Å². The monoisotopic (exact) mass is 276 g/mol. The van der Waals surface area contributed by atoms with Crippen molar-refractivity contribution in [3.63, 3.8) is 0 Å². The van der Waals surface area contributed by atoms with Crippen LogP contribution in [0.1, 0.15) is 58.8 Å². The number of hydrogen-bond donors (Lipinski definition) is 0. The first kappa shape index (κ1) is 14.0. The third-order valence-electron chi connectivity index (χ3n) is 4.98. The summed E-state index contributed by atoms with van der Waals surface area (Å²) in [6.07, 6.45) is 9.05. The van der Waals surface area contributed by atoms with E-state index < -0.39 is 0 Å². The van der Waals surface area contributed by atoms with E-state index in [0.29, 0.717) is 10.8 Å². The number of hydrogen-bond acceptors (Lipinski definition) is 0. The van der Waals surface area contributed by atoms with Gasteiger partial charge in [-0.05, 0) is 68.6 Å². The van der Waals surface area contributed by atoms with Crippen molar-refractivity contribution >= 4 is 23.2 Å². The Morgan fingerprint density at radius 1 is 0.941 bits per heavy atom. The fourth-order valence-electron chi connectivity index (χ4n) is 3.94. The van der Waals surface area contributed by atoms with Crippen LogP contribution in [0.5, 0.6) is 0 Å². The van der Waals surface area contributed by atoms with Gasteiger partial charge in [0.15, 0.2) is 0 Å². The second-order valence-corrected chi connectivity index (χ2v) is 7.77. The summed E-state index contributed by atoms with van der Waals surface area (Å²) < 4.78 is 0. The summed E-state index contributed by atoms with van der Waals surface area (Å²) in [5, 5.41) is 0.865. The van der Waals surface area contributed by atoms with Crippen molar-refractivity contribution in [1.29, 1.82) is 0 Å². The van der Waals surface area contributed by atoms with Crippen molar-refractivity contribution in [3.05, 3.63) is 0 Å². The lowest BCUT2D eigenvalue weighted by atomic mass is 9.70. The zero-order chi connectivity index (χ0) is 12.4. The molecule has 0 amide bonds. The lowest BCUT2D eigenvalue weighted by molar-refractivity contribution is 0.163. The predicted octanol–water partition coefficient (Wildman–Crippen LogP) is 5.46. The van der Waals surface area contributed by atoms with Crippen molar-refractivity contribution in [2.75, 3.05) is 0 Å². The third kappa shape index (κ3) is 3.77. The van der Waals surface area contributed by atoms with Crippen LogP contribution in [0.4, 0.5) is 0 Å². The van der Waals surface area contributed by atoms with Crippen LogP contribution in [0.3, 0.4) is 0 Å². The molecule has 0 nitrogen and oxygen atoms in total. The smallest absolute Gasteiger partial charge is 0.0369 e. The summed E-state index contributed by atoms with van der Waals surface area (Å²) >= 11 is 12.8. The zero-order valence-electron chi connectivity index (χ0n) is 11.2. The highest BCUT2D eigenvalue weighted by Gasteiger charge is 2.34. The molecule has 0 bridgehead atoms. The van der Waals surface area contributed by atoms with Crippen molar-refractivity contribution in [3.8, 4) is 0 Å². The summed E-state index contributed by atoms with van der Waals surface area (Å²) in [6, 6.07) is 0. The maximum atomic E-state index is 6.59. The Kier molecular flexibility index (Phi) is 5.06. The minimum absolute atomic E-state index is 0.419. The van der Waals surface area contributed by atoms with E-state index in [1.165, 1.54) is 44.9 Å². The first-order chi connectivity index (χ1) is 8.06. The number of rotatable bonds is 2. The second-order valence-electron chi connectivity index (χ2n) is 6.59. The predicted molar refractivity (Wildman–Crippen MR) is 76.9 cm³/mol. The molecule has 0 aliphatic heterocycles. The fraction of sp³-hybridized carbons (Fsp3) is 1.00. The Balaban J connectivity index is 1.85. The standard InChI is InChI=1S/C15H26Cl2/c1-10-7-11(2)14(15(17)8-10)9-12-3-5-13(16)6-4-12/h10-15H,3-9H2,1-2H3. The van der Waals surface area contributed by atoms with Gasteiger partial charge in [0, 0.05) is 10.8 Å². The first-order valence-corrected chi connectivity index (χ1v) is 8.21. The first-order valence-electron chi connectivity index (χ1n) is 7.34. The highest BCUT2D eigenvalue weighted by atomic mass is 35.5. The molecular formula is C15H26Cl2. The van der Waals surface area contributed by atoms with Crippen LogP contribution in [0, 0.1) is 23.7 Å². The van der Waals surface area contributed by atoms with Gasteiger partial charge in [-0.1, -0.05) is 13.8 Å². The van der Waals surface area contributed by atoms with Crippen LogP contribution in [0.15, 0.2) is 0 Å². The summed E-state index contributed by atoms with van der Waals surface area (Å²) in [5.74, 6) is 3.29. The lowest BCUT2D eigenvalue weighted by Crippen LogP contribution is -2.33. The van der Waals surface area contributed by atoms with Crippen molar-refractivity contribution in [2.24, 2.45) is 23.7 Å². The van der Waals surface area contributed by atoms with E-state index >= 15 is 0 Å². The third-order valence-corrected chi connectivity index (χ3v) is 5.92. The molecule has 4 unspecified atom stereocenters. The van der Waals surface area contributed by atoms with E-state index in [2.05, 4.69) is 13.8 Å². The molecule has 0 aromatic carbocycles. The Morgan fingerprint density at radius 2 is 1.59 bits per heavy atom. The molecule has 0 saturated heterocycles. The minimum Gasteiger partial charge on any atom is -0.123 e. The Bertz CT molecular complexity index is 221. The molecular weight excluding hydrogens is 251 g/mol. The topological polar surface area (TPSA) is 0 Å². The Labute approximate surface area is 116 Å². The Morgan fingerprint density at radius 3 is 2.18 bits per heavy atom. The molecule has 2 heteroatoms. The van der Waals surface area contributed by atoms with E-state index in [1.807, 2.05) is 0 Å². The number of alkyl halides is 2. The minimum atomic E-state index is 0.419. The largest absolute Gasteiger partial charge is 0.123 e. The normalized spacial score (nSPS) is 48.0. The van der Waals surface area contributed by atoms with Gasteiger partial charge in [0.1, 0.15) is 0 Å². The quantitative estimate of drug-likeness (QED) is 0.588. The van der Waals surface area contributed by atoms with Gasteiger partial charge in [0.05, 0.1) is 0 Å². The molecule has 0 radical (unpaired) electrons. The fourth-order valence-corrected chi connectivity index (χ4v) is 4.85. The molecule has 2 saturated carbocycles. The average Bonchev–Trinajstić information content (AvgIpc) is 2.26. The molecule has 2 aliphatic carbocycles. The van der Waals surface area contributed by atoms with E-state index in [9.17, 15) is 0 Å². The molecule has 17 heavy (non-hydrogen) atoms. The summed E-state index contributed by atoms with van der Waals surface area (Å²) in [6.45, 7) is 4.75. The van der Waals surface area contributed by atoms with Gasteiger partial charge in [0.25, 0.3) is 0 Å². The van der Waals surface area contributed by atoms with Crippen LogP contribution >= 0.6 is 23.2 Å². The molecule has 0 aromatic heterocycles. The second kappa shape index (κ2) is 6.15. The van der Waals surface area contributed by atoms with Crippen LogP contribution in [0.2, 0.25) is 0 Å². The highest BCUT2D eigenvalue weighted by Crippen LogP contribution is 2.42. The van der Waals surface area contributed by atoms with Gasteiger partial charge >= 0.3 is 0 Å². The van der Waals surface area contributed by atoms with Gasteiger partial charge in [0.2, 0.25) is 0 Å². The zero-order valence-corrected chi connectivity index (χ0v) is 12.7. The van der Waals surface area contributed by atoms with Gasteiger partial charge < -0.3 is 0 Å². The van der Waals surface area contributed by atoms with Crippen LogP contribution in [0.25, 0.3) is 0 Å². The van der Waals surface area contributed by atoms with Gasteiger partial charge in [-0.3, -0.25) is 0 Å². The van der Waals surface area contributed by atoms with Crippen molar-refractivity contribution in [1.82, 2.24) is 0 Å². The van der Waals surface area contributed by atoms with Gasteiger partial charge in [-0.25, -0.2) is 0 Å². The number of halogens is 2. The molecule has 100 valence electrons. The average molecular weight is 277 g/mol. The van der Waals surface area contributed by atoms with Crippen molar-refractivity contribution in [2.45, 2.75) is 69.5 Å². The molecule has 0 spiro atoms. The maximum absolute atomic E-state index is 6.59. The maximum Gasteiger partial charge on any atom is 0.0369 e. The molecule has 2 rings (SSSR count). The highest BCUT2D eigenvalue weighted by molar-refractivity contribution is 6.21. The molecule has 0 N–H and O–H groups in total. The Hall–Kier alpha value is 0.580. The summed E-state index contributed by atoms with van der Waals surface area (Å²) in [5.41, 5.74) is 0. The van der Waals surface area contributed by atoms with E-state index in [1.54, 1.807) is 0 Å². The van der Waals surface area contributed by atoms with Gasteiger partial charge in [-0.2, -0.15) is 0 Å². The molecule has 2 fully saturated rings. The SMILES string of the molecule is CC1CC(C)C(CC2CCC(Cl)CC2)C(Cl)C1. The van der Waals surface area contributed by atoms with E-state index in [4.69, 9.17) is 23.2 Å². The van der Waals surface area contributed by atoms with E-state index in [-0.39, 0.29) is 0 Å². The molecule has 0 aromatic rings. The van der Waals surface area contributed by atoms with Gasteiger partial charge in [-0.15, -0.1) is 23.2 Å².